The van der Waals surface area contributed by atoms with Crippen LogP contribution in [0.25, 0.3) is 0 Å². The van der Waals surface area contributed by atoms with Crippen molar-refractivity contribution >= 4 is 38.9 Å². The summed E-state index contributed by atoms with van der Waals surface area (Å²) < 4.78 is 24.2. The number of halogens is 1. The molecule has 7 nitrogen and oxygen atoms in total. The minimum absolute atomic E-state index is 0.0597. The fraction of sp³-hybridized carbons (Fsp3) is 0.467. The van der Waals surface area contributed by atoms with E-state index in [1.807, 2.05) is 6.92 Å². The predicted octanol–water partition coefficient (Wildman–Crippen LogP) is 1.49. The second kappa shape index (κ2) is 7.40. The van der Waals surface area contributed by atoms with E-state index in [9.17, 15) is 18.0 Å². The summed E-state index contributed by atoms with van der Waals surface area (Å²) in [6.07, 6.45) is 0.627. The molecule has 0 bridgehead atoms. The quantitative estimate of drug-likeness (QED) is 0.678. The van der Waals surface area contributed by atoms with Crippen molar-refractivity contribution in [3.63, 3.8) is 0 Å². The van der Waals surface area contributed by atoms with Crippen LogP contribution in [-0.4, -0.2) is 32.0 Å². The van der Waals surface area contributed by atoms with E-state index in [2.05, 4.69) is 16.2 Å². The molecule has 132 valence electrons. The van der Waals surface area contributed by atoms with Gasteiger partial charge in [0.15, 0.2) is 9.84 Å². The Kier molecular flexibility index (Phi) is 5.71. The summed E-state index contributed by atoms with van der Waals surface area (Å²) in [4.78, 5) is 23.8. The Bertz CT molecular complexity index is 751. The highest BCUT2D eigenvalue weighted by Gasteiger charge is 2.29. The molecule has 1 aromatic rings. The van der Waals surface area contributed by atoms with Gasteiger partial charge in [0.25, 0.3) is 0 Å². The maximum atomic E-state index is 12.2. The zero-order valence-corrected chi connectivity index (χ0v) is 15.0. The van der Waals surface area contributed by atoms with E-state index in [0.717, 1.165) is 0 Å². The van der Waals surface area contributed by atoms with Crippen molar-refractivity contribution < 1.29 is 18.0 Å². The molecule has 1 aromatic carbocycles. The van der Waals surface area contributed by atoms with Gasteiger partial charge in [-0.3, -0.25) is 20.4 Å². The number of piperidine rings is 1. The number of sulfone groups is 1. The molecule has 2 rings (SSSR count). The summed E-state index contributed by atoms with van der Waals surface area (Å²) in [7, 11) is -3.47. The molecule has 2 atom stereocenters. The number of hydrogen-bond acceptors (Lipinski definition) is 5. The number of amides is 2. The maximum absolute atomic E-state index is 12.2. The first-order valence-electron chi connectivity index (χ1n) is 7.60. The summed E-state index contributed by atoms with van der Waals surface area (Å²) in [5.74, 6) is -1.08. The van der Waals surface area contributed by atoms with Crippen molar-refractivity contribution in [2.45, 2.75) is 37.6 Å². The van der Waals surface area contributed by atoms with E-state index in [1.165, 1.54) is 25.1 Å². The molecule has 9 heteroatoms. The van der Waals surface area contributed by atoms with Gasteiger partial charge in [0, 0.05) is 17.5 Å². The summed E-state index contributed by atoms with van der Waals surface area (Å²) in [6, 6.07) is 4.22. The fourth-order valence-corrected chi connectivity index (χ4v) is 3.79. The van der Waals surface area contributed by atoms with Crippen molar-refractivity contribution in [1.29, 1.82) is 0 Å². The first-order chi connectivity index (χ1) is 11.2. The van der Waals surface area contributed by atoms with Crippen LogP contribution in [0.5, 0.6) is 0 Å². The monoisotopic (exact) mass is 373 g/mol. The third-order valence-electron chi connectivity index (χ3n) is 3.83. The van der Waals surface area contributed by atoms with Gasteiger partial charge in [-0.25, -0.2) is 8.42 Å². The van der Waals surface area contributed by atoms with Gasteiger partial charge in [0.2, 0.25) is 11.8 Å². The van der Waals surface area contributed by atoms with Crippen LogP contribution in [0.2, 0.25) is 5.02 Å². The summed E-state index contributed by atoms with van der Waals surface area (Å²) in [5.41, 5.74) is 5.31. The van der Waals surface area contributed by atoms with Crippen LogP contribution in [0, 0.1) is 5.92 Å². The van der Waals surface area contributed by atoms with Crippen molar-refractivity contribution in [3.05, 3.63) is 23.2 Å². The second-order valence-corrected chi connectivity index (χ2v) is 8.45. The molecule has 1 aliphatic rings. The van der Waals surface area contributed by atoms with E-state index in [0.29, 0.717) is 11.4 Å². The lowest BCUT2D eigenvalue weighted by Crippen LogP contribution is -2.46. The SMILES string of the molecule is CCS(=O)(=O)c1ccc(Cl)cc1NNC(=O)C1CC(=O)NC(C)C1. The fourth-order valence-electron chi connectivity index (χ4n) is 2.58. The van der Waals surface area contributed by atoms with Crippen LogP contribution in [0.3, 0.4) is 0 Å². The van der Waals surface area contributed by atoms with Gasteiger partial charge < -0.3 is 5.32 Å². The van der Waals surface area contributed by atoms with Gasteiger partial charge in [-0.05, 0) is 31.5 Å². The largest absolute Gasteiger partial charge is 0.354 e. The van der Waals surface area contributed by atoms with Gasteiger partial charge in [-0.15, -0.1) is 0 Å². The summed E-state index contributed by atoms with van der Waals surface area (Å²) >= 11 is 5.91. The summed E-state index contributed by atoms with van der Waals surface area (Å²) in [6.45, 7) is 3.36. The lowest BCUT2D eigenvalue weighted by Gasteiger charge is -2.26. The third-order valence-corrected chi connectivity index (χ3v) is 5.85. The molecule has 0 aromatic heterocycles. The van der Waals surface area contributed by atoms with Crippen molar-refractivity contribution in [2.75, 3.05) is 11.2 Å². The standard InChI is InChI=1S/C15H20ClN3O4S/c1-3-24(22,23)13-5-4-11(16)8-12(13)18-19-15(21)10-6-9(2)17-14(20)7-10/h4-5,8-10,18H,3,6-7H2,1-2H3,(H,17,20)(H,19,21). The molecule has 1 heterocycles. The Labute approximate surface area is 146 Å². The number of hydrazine groups is 1. The number of rotatable bonds is 5. The van der Waals surface area contributed by atoms with Crippen molar-refractivity contribution in [2.24, 2.45) is 5.92 Å². The third kappa shape index (κ3) is 4.39. The number of anilines is 1. The van der Waals surface area contributed by atoms with Crippen LogP contribution < -0.4 is 16.2 Å². The Hall–Kier alpha value is -1.80. The highest BCUT2D eigenvalue weighted by Crippen LogP contribution is 2.26. The minimum atomic E-state index is -3.47. The molecule has 0 aliphatic carbocycles. The number of carbonyl (C=O) groups excluding carboxylic acids is 2. The highest BCUT2D eigenvalue weighted by atomic mass is 35.5. The van der Waals surface area contributed by atoms with Crippen LogP contribution in [0.1, 0.15) is 26.7 Å². The molecular formula is C15H20ClN3O4S. The zero-order valence-electron chi connectivity index (χ0n) is 13.4. The molecule has 0 saturated carbocycles. The molecule has 2 unspecified atom stereocenters. The Morgan fingerprint density at radius 3 is 2.75 bits per heavy atom. The number of hydrogen-bond donors (Lipinski definition) is 3. The summed E-state index contributed by atoms with van der Waals surface area (Å²) in [5, 5.41) is 3.09. The van der Waals surface area contributed by atoms with Gasteiger partial charge >= 0.3 is 0 Å². The highest BCUT2D eigenvalue weighted by molar-refractivity contribution is 7.91. The number of benzene rings is 1. The topological polar surface area (TPSA) is 104 Å². The molecule has 1 aliphatic heterocycles. The van der Waals surface area contributed by atoms with Crippen molar-refractivity contribution in [1.82, 2.24) is 10.7 Å². The first-order valence-corrected chi connectivity index (χ1v) is 9.63. The molecule has 24 heavy (non-hydrogen) atoms. The van der Waals surface area contributed by atoms with E-state index in [4.69, 9.17) is 11.6 Å². The van der Waals surface area contributed by atoms with Crippen LogP contribution in [0.4, 0.5) is 5.69 Å². The van der Waals surface area contributed by atoms with Crippen LogP contribution >= 0.6 is 11.6 Å². The molecule has 3 N–H and O–H groups in total. The molecule has 2 amide bonds. The average molecular weight is 374 g/mol. The molecular weight excluding hydrogens is 354 g/mol. The average Bonchev–Trinajstić information content (AvgIpc) is 2.51. The van der Waals surface area contributed by atoms with Gasteiger partial charge in [0.05, 0.1) is 22.3 Å². The van der Waals surface area contributed by atoms with E-state index in [-0.39, 0.29) is 40.6 Å². The zero-order chi connectivity index (χ0) is 17.9. The molecule has 0 radical (unpaired) electrons. The minimum Gasteiger partial charge on any atom is -0.354 e. The Morgan fingerprint density at radius 2 is 2.12 bits per heavy atom. The lowest BCUT2D eigenvalue weighted by atomic mass is 9.92. The van der Waals surface area contributed by atoms with E-state index in [1.54, 1.807) is 0 Å². The normalized spacial score (nSPS) is 21.0. The number of carbonyl (C=O) groups is 2. The van der Waals surface area contributed by atoms with Gasteiger partial charge in [-0.1, -0.05) is 18.5 Å². The second-order valence-electron chi connectivity index (χ2n) is 5.76. The van der Waals surface area contributed by atoms with Crippen LogP contribution in [0.15, 0.2) is 23.1 Å². The molecule has 1 fully saturated rings. The van der Waals surface area contributed by atoms with Gasteiger partial charge in [0.1, 0.15) is 0 Å². The first kappa shape index (κ1) is 18.5. The van der Waals surface area contributed by atoms with Crippen molar-refractivity contribution in [3.8, 4) is 0 Å². The molecule has 0 spiro atoms. The number of nitrogens with one attached hydrogen (secondary N) is 3. The van der Waals surface area contributed by atoms with E-state index < -0.39 is 15.8 Å². The predicted molar refractivity (Wildman–Crippen MR) is 91.3 cm³/mol. The van der Waals surface area contributed by atoms with Crippen LogP contribution in [-0.2, 0) is 19.4 Å². The van der Waals surface area contributed by atoms with E-state index >= 15 is 0 Å². The smallest absolute Gasteiger partial charge is 0.242 e. The van der Waals surface area contributed by atoms with Gasteiger partial charge in [-0.2, -0.15) is 0 Å². The lowest BCUT2D eigenvalue weighted by molar-refractivity contribution is -0.133. The molecule has 1 saturated heterocycles. The Morgan fingerprint density at radius 1 is 1.42 bits per heavy atom. The maximum Gasteiger partial charge on any atom is 0.242 e. The Balaban J connectivity index is 2.13.